The molecule has 1 heterocycles. The molecule has 2 aliphatic rings. The van der Waals surface area contributed by atoms with E-state index in [2.05, 4.69) is 16.2 Å². The molecule has 3 atom stereocenters. The molecule has 5 nitrogen and oxygen atoms in total. The van der Waals surface area contributed by atoms with Gasteiger partial charge in [0.2, 0.25) is 0 Å². The molecule has 0 aromatic heterocycles. The van der Waals surface area contributed by atoms with Crippen molar-refractivity contribution in [3.63, 3.8) is 0 Å². The number of carbonyl (C=O) groups excluding carboxylic acids is 1. The second-order valence-corrected chi connectivity index (χ2v) is 7.13. The average Bonchev–Trinajstić information content (AvgIpc) is 3.15. The molecule has 2 fully saturated rings. The highest BCUT2D eigenvalue weighted by Gasteiger charge is 2.34. The summed E-state index contributed by atoms with van der Waals surface area (Å²) in [5.74, 6) is 1.41. The lowest BCUT2D eigenvalue weighted by atomic mass is 9.83. The van der Waals surface area contributed by atoms with Gasteiger partial charge in [0.15, 0.2) is 0 Å². The van der Waals surface area contributed by atoms with Crippen LogP contribution < -0.4 is 20.9 Å². The van der Waals surface area contributed by atoms with E-state index in [1.165, 1.54) is 0 Å². The van der Waals surface area contributed by atoms with E-state index in [0.29, 0.717) is 24.1 Å². The maximum atomic E-state index is 12.8. The summed E-state index contributed by atoms with van der Waals surface area (Å²) in [6.45, 7) is 1.37. The molecule has 2 aromatic rings. The zero-order valence-electron chi connectivity index (χ0n) is 14.8. The molecule has 0 radical (unpaired) electrons. The van der Waals surface area contributed by atoms with Crippen molar-refractivity contribution in [2.75, 3.05) is 6.54 Å². The quantitative estimate of drug-likeness (QED) is 0.775. The second-order valence-electron chi connectivity index (χ2n) is 7.13. The van der Waals surface area contributed by atoms with E-state index in [1.807, 2.05) is 54.6 Å². The molecule has 1 aliphatic heterocycles. The fourth-order valence-electron chi connectivity index (χ4n) is 3.94. The first-order valence-corrected chi connectivity index (χ1v) is 9.34. The van der Waals surface area contributed by atoms with Gasteiger partial charge < -0.3 is 10.1 Å². The number of amides is 1. The van der Waals surface area contributed by atoms with E-state index in [-0.39, 0.29) is 11.9 Å². The fourth-order valence-corrected chi connectivity index (χ4v) is 3.94. The number of para-hydroxylation sites is 1. The highest BCUT2D eigenvalue weighted by molar-refractivity contribution is 5.95. The van der Waals surface area contributed by atoms with Gasteiger partial charge in [-0.25, -0.2) is 0 Å². The molecular weight excluding hydrogens is 326 g/mol. The number of nitrogens with one attached hydrogen (secondary N) is 3. The Kier molecular flexibility index (Phi) is 5.18. The van der Waals surface area contributed by atoms with Crippen LogP contribution in [0.15, 0.2) is 54.6 Å². The van der Waals surface area contributed by atoms with Crippen molar-refractivity contribution in [1.82, 2.24) is 16.2 Å². The summed E-state index contributed by atoms with van der Waals surface area (Å²) < 4.78 is 5.83. The predicted octanol–water partition coefficient (Wildman–Crippen LogP) is 2.64. The molecule has 1 aliphatic carbocycles. The van der Waals surface area contributed by atoms with Crippen LogP contribution in [0.5, 0.6) is 5.75 Å². The lowest BCUT2D eigenvalue weighted by Gasteiger charge is -2.31. The number of ether oxygens (including phenoxy) is 1. The zero-order chi connectivity index (χ0) is 17.8. The minimum Gasteiger partial charge on any atom is -0.489 e. The number of hydrogen-bond donors (Lipinski definition) is 3. The minimum absolute atomic E-state index is 0.000345. The predicted molar refractivity (Wildman–Crippen MR) is 101 cm³/mol. The largest absolute Gasteiger partial charge is 0.489 e. The van der Waals surface area contributed by atoms with Crippen molar-refractivity contribution in [2.24, 2.45) is 5.92 Å². The topological polar surface area (TPSA) is 62.4 Å². The first-order valence-electron chi connectivity index (χ1n) is 9.34. The van der Waals surface area contributed by atoms with Crippen LogP contribution in [0, 0.1) is 5.92 Å². The van der Waals surface area contributed by atoms with E-state index in [9.17, 15) is 4.79 Å². The number of hydrazine groups is 1. The van der Waals surface area contributed by atoms with Crippen molar-refractivity contribution in [1.29, 1.82) is 0 Å². The van der Waals surface area contributed by atoms with E-state index >= 15 is 0 Å². The van der Waals surface area contributed by atoms with E-state index in [4.69, 9.17) is 4.74 Å². The van der Waals surface area contributed by atoms with Crippen LogP contribution in [0.25, 0.3) is 0 Å². The highest BCUT2D eigenvalue weighted by atomic mass is 16.5. The lowest BCUT2D eigenvalue weighted by molar-refractivity contribution is 0.0915. The maximum absolute atomic E-state index is 12.8. The Morgan fingerprint density at radius 2 is 1.88 bits per heavy atom. The molecule has 0 bridgehead atoms. The summed E-state index contributed by atoms with van der Waals surface area (Å²) in [4.78, 5) is 12.8. The van der Waals surface area contributed by atoms with E-state index in [0.717, 1.165) is 37.1 Å². The van der Waals surface area contributed by atoms with Crippen LogP contribution in [-0.2, 0) is 6.61 Å². The van der Waals surface area contributed by atoms with Crippen molar-refractivity contribution in [3.8, 4) is 5.75 Å². The number of fused-ring (bicyclic) bond motifs is 1. The summed E-state index contributed by atoms with van der Waals surface area (Å²) in [5.41, 5.74) is 8.17. The Morgan fingerprint density at radius 1 is 1.08 bits per heavy atom. The smallest absolute Gasteiger partial charge is 0.251 e. The average molecular weight is 351 g/mol. The highest BCUT2D eigenvalue weighted by Crippen LogP contribution is 2.27. The van der Waals surface area contributed by atoms with Crippen molar-refractivity contribution in [2.45, 2.75) is 38.0 Å². The fraction of sp³-hybridized carbons (Fsp3) is 0.381. The van der Waals surface area contributed by atoms with Crippen molar-refractivity contribution < 1.29 is 9.53 Å². The van der Waals surface area contributed by atoms with Gasteiger partial charge in [0.05, 0.1) is 0 Å². The Morgan fingerprint density at radius 3 is 2.77 bits per heavy atom. The standard InChI is InChI=1S/C21H25N3O2/c25-21(23-17-10-11-20-16(12-17)13-22-24-20)19-9-5-4-6-15(19)14-26-18-7-2-1-3-8-18/h1-9,16-17,20,22,24H,10-14H2,(H,23,25). The molecule has 0 spiro atoms. The molecule has 1 amide bonds. The molecule has 1 saturated heterocycles. The molecule has 3 unspecified atom stereocenters. The van der Waals surface area contributed by atoms with Crippen molar-refractivity contribution >= 4 is 5.91 Å². The monoisotopic (exact) mass is 351 g/mol. The van der Waals surface area contributed by atoms with E-state index in [1.54, 1.807) is 0 Å². The lowest BCUT2D eigenvalue weighted by Crippen LogP contribution is -2.44. The van der Waals surface area contributed by atoms with Crippen LogP contribution in [0.1, 0.15) is 35.2 Å². The van der Waals surface area contributed by atoms with Gasteiger partial charge in [-0.3, -0.25) is 15.6 Å². The van der Waals surface area contributed by atoms with Gasteiger partial charge in [-0.15, -0.1) is 0 Å². The van der Waals surface area contributed by atoms with Gasteiger partial charge >= 0.3 is 0 Å². The maximum Gasteiger partial charge on any atom is 0.251 e. The third-order valence-corrected chi connectivity index (χ3v) is 5.37. The number of rotatable bonds is 5. The van der Waals surface area contributed by atoms with Gasteiger partial charge in [-0.05, 0) is 43.4 Å². The Labute approximate surface area is 154 Å². The summed E-state index contributed by atoms with van der Waals surface area (Å²) in [5, 5.41) is 3.24. The Bertz CT molecular complexity index is 750. The number of benzene rings is 2. The van der Waals surface area contributed by atoms with Crippen LogP contribution in [0.3, 0.4) is 0 Å². The molecule has 136 valence electrons. The summed E-state index contributed by atoms with van der Waals surface area (Å²) in [6, 6.07) is 18.2. The molecule has 26 heavy (non-hydrogen) atoms. The molecular formula is C21H25N3O2. The third kappa shape index (κ3) is 3.89. The third-order valence-electron chi connectivity index (χ3n) is 5.37. The summed E-state index contributed by atoms with van der Waals surface area (Å²) in [6.07, 6.45) is 3.14. The van der Waals surface area contributed by atoms with Gasteiger partial charge in [0.1, 0.15) is 12.4 Å². The van der Waals surface area contributed by atoms with Gasteiger partial charge in [0.25, 0.3) is 5.91 Å². The van der Waals surface area contributed by atoms with Gasteiger partial charge in [0, 0.05) is 29.8 Å². The normalized spacial score (nSPS) is 24.7. The molecule has 4 rings (SSSR count). The van der Waals surface area contributed by atoms with Crippen LogP contribution >= 0.6 is 0 Å². The van der Waals surface area contributed by atoms with E-state index < -0.39 is 0 Å². The molecule has 2 aromatic carbocycles. The second kappa shape index (κ2) is 7.89. The number of carbonyl (C=O) groups is 1. The first-order chi connectivity index (χ1) is 12.8. The molecule has 3 N–H and O–H groups in total. The number of hydrogen-bond acceptors (Lipinski definition) is 4. The molecule has 5 heteroatoms. The Balaban J connectivity index is 1.39. The van der Waals surface area contributed by atoms with Crippen LogP contribution in [-0.4, -0.2) is 24.5 Å². The van der Waals surface area contributed by atoms with Crippen molar-refractivity contribution in [3.05, 3.63) is 65.7 Å². The van der Waals surface area contributed by atoms with Gasteiger partial charge in [-0.2, -0.15) is 0 Å². The minimum atomic E-state index is -0.000345. The summed E-state index contributed by atoms with van der Waals surface area (Å²) in [7, 11) is 0. The van der Waals surface area contributed by atoms with Crippen LogP contribution in [0.2, 0.25) is 0 Å². The Hall–Kier alpha value is -2.37. The van der Waals surface area contributed by atoms with Gasteiger partial charge in [-0.1, -0.05) is 36.4 Å². The van der Waals surface area contributed by atoms with Crippen LogP contribution in [0.4, 0.5) is 0 Å². The first kappa shape index (κ1) is 17.1. The molecule has 1 saturated carbocycles. The summed E-state index contributed by atoms with van der Waals surface area (Å²) >= 11 is 0. The SMILES string of the molecule is O=C(NC1CCC2NNCC2C1)c1ccccc1COc1ccccc1. The zero-order valence-corrected chi connectivity index (χ0v) is 14.8.